The van der Waals surface area contributed by atoms with Gasteiger partial charge in [-0.1, -0.05) is 6.92 Å². The third-order valence-electron chi connectivity index (χ3n) is 2.42. The van der Waals surface area contributed by atoms with Crippen molar-refractivity contribution < 1.29 is 13.2 Å². The van der Waals surface area contributed by atoms with Gasteiger partial charge in [0.15, 0.2) is 0 Å². The van der Waals surface area contributed by atoms with Crippen LogP contribution in [0, 0.1) is 0 Å². The van der Waals surface area contributed by atoms with Gasteiger partial charge in [0.2, 0.25) is 10.0 Å². The van der Waals surface area contributed by atoms with E-state index in [4.69, 9.17) is 10.5 Å². The van der Waals surface area contributed by atoms with Crippen LogP contribution in [0.5, 0.6) is 0 Å². The standard InChI is InChI=1S/C12H21N3O3S/c1-2-7-18-8-3-6-15-19(16,17)12-5-4-11(9-13)14-10-12/h4-5,10,15H,2-3,6-9,13H2,1H3. The molecule has 0 saturated heterocycles. The molecule has 0 spiro atoms. The molecule has 108 valence electrons. The Kier molecular flexibility index (Phi) is 6.93. The Morgan fingerprint density at radius 3 is 2.74 bits per heavy atom. The summed E-state index contributed by atoms with van der Waals surface area (Å²) in [5, 5.41) is 0. The fraction of sp³-hybridized carbons (Fsp3) is 0.583. The van der Waals surface area contributed by atoms with Crippen molar-refractivity contribution >= 4 is 10.0 Å². The lowest BCUT2D eigenvalue weighted by Crippen LogP contribution is -2.25. The van der Waals surface area contributed by atoms with E-state index < -0.39 is 10.0 Å². The molecule has 1 aromatic rings. The molecule has 0 amide bonds. The monoisotopic (exact) mass is 287 g/mol. The minimum Gasteiger partial charge on any atom is -0.381 e. The highest BCUT2D eigenvalue weighted by atomic mass is 32.2. The van der Waals surface area contributed by atoms with Crippen LogP contribution in [-0.2, 0) is 21.3 Å². The number of rotatable bonds is 9. The molecule has 0 unspecified atom stereocenters. The van der Waals surface area contributed by atoms with Crippen LogP contribution in [0.15, 0.2) is 23.2 Å². The number of nitrogens with one attached hydrogen (secondary N) is 1. The fourth-order valence-corrected chi connectivity index (χ4v) is 2.42. The highest BCUT2D eigenvalue weighted by molar-refractivity contribution is 7.89. The van der Waals surface area contributed by atoms with Gasteiger partial charge in [-0.25, -0.2) is 13.1 Å². The number of aromatic nitrogens is 1. The lowest BCUT2D eigenvalue weighted by atomic mass is 10.4. The van der Waals surface area contributed by atoms with Crippen molar-refractivity contribution in [1.29, 1.82) is 0 Å². The zero-order valence-electron chi connectivity index (χ0n) is 11.1. The molecular weight excluding hydrogens is 266 g/mol. The van der Waals surface area contributed by atoms with Gasteiger partial charge in [-0.15, -0.1) is 0 Å². The summed E-state index contributed by atoms with van der Waals surface area (Å²) in [7, 11) is -3.49. The predicted octanol–water partition coefficient (Wildman–Crippen LogP) is 0.635. The Morgan fingerprint density at radius 2 is 2.16 bits per heavy atom. The second-order valence-electron chi connectivity index (χ2n) is 4.05. The second-order valence-corrected chi connectivity index (χ2v) is 5.82. The van der Waals surface area contributed by atoms with Crippen molar-refractivity contribution in [3.05, 3.63) is 24.0 Å². The minimum absolute atomic E-state index is 0.152. The third kappa shape index (κ3) is 5.65. The van der Waals surface area contributed by atoms with Crippen LogP contribution in [0.2, 0.25) is 0 Å². The fourth-order valence-electron chi connectivity index (χ4n) is 1.40. The first kappa shape index (κ1) is 16.0. The number of sulfonamides is 1. The summed E-state index contributed by atoms with van der Waals surface area (Å²) in [5.74, 6) is 0. The van der Waals surface area contributed by atoms with Crippen LogP contribution in [0.1, 0.15) is 25.5 Å². The van der Waals surface area contributed by atoms with Gasteiger partial charge in [-0.05, 0) is 25.0 Å². The number of ether oxygens (including phenoxy) is 1. The maximum Gasteiger partial charge on any atom is 0.242 e. The minimum atomic E-state index is -3.49. The van der Waals surface area contributed by atoms with Crippen molar-refractivity contribution in [2.24, 2.45) is 5.73 Å². The second kappa shape index (κ2) is 8.21. The van der Waals surface area contributed by atoms with Gasteiger partial charge in [0, 0.05) is 32.5 Å². The first-order chi connectivity index (χ1) is 9.10. The van der Waals surface area contributed by atoms with Crippen molar-refractivity contribution in [2.45, 2.75) is 31.2 Å². The summed E-state index contributed by atoms with van der Waals surface area (Å²) in [6.07, 6.45) is 2.93. The van der Waals surface area contributed by atoms with E-state index in [1.54, 1.807) is 6.07 Å². The van der Waals surface area contributed by atoms with Gasteiger partial charge in [0.05, 0.1) is 5.69 Å². The average molecular weight is 287 g/mol. The highest BCUT2D eigenvalue weighted by Gasteiger charge is 2.13. The number of hydrogen-bond donors (Lipinski definition) is 2. The van der Waals surface area contributed by atoms with Crippen molar-refractivity contribution in [1.82, 2.24) is 9.71 Å². The maximum absolute atomic E-state index is 11.9. The van der Waals surface area contributed by atoms with Crippen molar-refractivity contribution in [3.63, 3.8) is 0 Å². The maximum atomic E-state index is 11.9. The molecule has 19 heavy (non-hydrogen) atoms. The molecular formula is C12H21N3O3S. The molecule has 0 radical (unpaired) electrons. The van der Waals surface area contributed by atoms with Crippen LogP contribution < -0.4 is 10.5 Å². The highest BCUT2D eigenvalue weighted by Crippen LogP contribution is 2.07. The zero-order chi connectivity index (χ0) is 14.1. The van der Waals surface area contributed by atoms with E-state index in [-0.39, 0.29) is 4.90 Å². The van der Waals surface area contributed by atoms with Gasteiger partial charge in [0.25, 0.3) is 0 Å². The molecule has 1 rings (SSSR count). The topological polar surface area (TPSA) is 94.3 Å². The number of nitrogens with two attached hydrogens (primary N) is 1. The largest absolute Gasteiger partial charge is 0.381 e. The molecule has 0 saturated carbocycles. The summed E-state index contributed by atoms with van der Waals surface area (Å²) in [5.41, 5.74) is 6.06. The summed E-state index contributed by atoms with van der Waals surface area (Å²) < 4.78 is 31.6. The zero-order valence-corrected chi connectivity index (χ0v) is 11.9. The van der Waals surface area contributed by atoms with Crippen LogP contribution in [0.4, 0.5) is 0 Å². The summed E-state index contributed by atoms with van der Waals surface area (Å²) in [6.45, 7) is 3.94. The van der Waals surface area contributed by atoms with Crippen LogP contribution in [0.25, 0.3) is 0 Å². The Bertz CT molecular complexity index is 460. The van der Waals surface area contributed by atoms with E-state index in [0.717, 1.165) is 6.42 Å². The predicted molar refractivity (Wildman–Crippen MR) is 73.0 cm³/mol. The molecule has 1 aromatic heterocycles. The Hall–Kier alpha value is -1.02. The summed E-state index contributed by atoms with van der Waals surface area (Å²) >= 11 is 0. The Balaban J connectivity index is 2.42. The molecule has 1 heterocycles. The quantitative estimate of drug-likeness (QED) is 0.650. The molecule has 0 bridgehead atoms. The Morgan fingerprint density at radius 1 is 1.37 bits per heavy atom. The average Bonchev–Trinajstić information content (AvgIpc) is 2.43. The van der Waals surface area contributed by atoms with Gasteiger partial charge < -0.3 is 10.5 Å². The van der Waals surface area contributed by atoms with Crippen molar-refractivity contribution in [3.8, 4) is 0 Å². The first-order valence-electron chi connectivity index (χ1n) is 6.32. The normalized spacial score (nSPS) is 11.7. The SMILES string of the molecule is CCCOCCCNS(=O)(=O)c1ccc(CN)nc1. The lowest BCUT2D eigenvalue weighted by Gasteiger charge is -2.07. The smallest absolute Gasteiger partial charge is 0.242 e. The Labute approximate surface area is 114 Å². The number of nitrogens with zero attached hydrogens (tertiary/aromatic N) is 1. The molecule has 0 aliphatic rings. The van der Waals surface area contributed by atoms with Gasteiger partial charge in [-0.3, -0.25) is 4.98 Å². The van der Waals surface area contributed by atoms with Crippen molar-refractivity contribution in [2.75, 3.05) is 19.8 Å². The number of pyridine rings is 1. The van der Waals surface area contributed by atoms with Crippen LogP contribution in [0.3, 0.4) is 0 Å². The van der Waals surface area contributed by atoms with Gasteiger partial charge in [-0.2, -0.15) is 0 Å². The van der Waals surface area contributed by atoms with E-state index in [9.17, 15) is 8.42 Å². The molecule has 3 N–H and O–H groups in total. The van der Waals surface area contributed by atoms with Crippen LogP contribution >= 0.6 is 0 Å². The molecule has 0 aliphatic heterocycles. The molecule has 0 aliphatic carbocycles. The van der Waals surface area contributed by atoms with E-state index >= 15 is 0 Å². The molecule has 6 nitrogen and oxygen atoms in total. The van der Waals surface area contributed by atoms with Crippen LogP contribution in [-0.4, -0.2) is 33.2 Å². The number of hydrogen-bond acceptors (Lipinski definition) is 5. The van der Waals surface area contributed by atoms with E-state index in [1.807, 2.05) is 6.92 Å². The molecule has 0 aromatic carbocycles. The van der Waals surface area contributed by atoms with E-state index in [2.05, 4.69) is 9.71 Å². The molecule has 0 fully saturated rings. The third-order valence-corrected chi connectivity index (χ3v) is 3.87. The molecule has 0 atom stereocenters. The van der Waals surface area contributed by atoms with E-state index in [0.29, 0.717) is 38.4 Å². The summed E-state index contributed by atoms with van der Waals surface area (Å²) in [4.78, 5) is 4.12. The first-order valence-corrected chi connectivity index (χ1v) is 7.81. The van der Waals surface area contributed by atoms with E-state index in [1.165, 1.54) is 12.3 Å². The summed E-state index contributed by atoms with van der Waals surface area (Å²) in [6, 6.07) is 3.12. The van der Waals surface area contributed by atoms with Gasteiger partial charge in [0.1, 0.15) is 4.90 Å². The molecule has 7 heteroatoms. The van der Waals surface area contributed by atoms with Gasteiger partial charge >= 0.3 is 0 Å². The lowest BCUT2D eigenvalue weighted by molar-refractivity contribution is 0.133.